The van der Waals surface area contributed by atoms with E-state index in [2.05, 4.69) is 15.4 Å². The first-order valence-corrected chi connectivity index (χ1v) is 12.5. The van der Waals surface area contributed by atoms with Gasteiger partial charge in [-0.3, -0.25) is 14.3 Å². The lowest BCUT2D eigenvalue weighted by molar-refractivity contribution is -0.175. The third-order valence-electron chi connectivity index (χ3n) is 6.45. The fourth-order valence-electron chi connectivity index (χ4n) is 4.42. The minimum absolute atomic E-state index is 0.0474. The van der Waals surface area contributed by atoms with Crippen LogP contribution in [0.4, 0.5) is 42.2 Å². The molecule has 3 heterocycles. The molecule has 1 aliphatic rings. The second-order valence-corrected chi connectivity index (χ2v) is 10.3. The number of nitrogens with one attached hydrogen (secondary N) is 1. The zero-order valence-corrected chi connectivity index (χ0v) is 21.4. The first kappa shape index (κ1) is 28.5. The summed E-state index contributed by atoms with van der Waals surface area (Å²) in [4.78, 5) is 30.4. The first-order chi connectivity index (χ1) is 18.2. The van der Waals surface area contributed by atoms with E-state index in [0.717, 1.165) is 23.5 Å². The number of anilines is 2. The summed E-state index contributed by atoms with van der Waals surface area (Å²) in [6.45, 7) is 1.14. The third kappa shape index (κ3) is 5.92. The van der Waals surface area contributed by atoms with E-state index in [9.17, 15) is 40.3 Å². The van der Waals surface area contributed by atoms with E-state index < -0.39 is 60.6 Å². The first-order valence-electron chi connectivity index (χ1n) is 11.7. The largest absolute Gasteiger partial charge is 0.449 e. The lowest BCUT2D eigenvalue weighted by atomic mass is 9.91. The number of ketones is 1. The molecule has 1 saturated heterocycles. The van der Waals surface area contributed by atoms with Crippen molar-refractivity contribution >= 4 is 34.5 Å². The van der Waals surface area contributed by atoms with Crippen molar-refractivity contribution in [3.63, 3.8) is 0 Å². The maximum absolute atomic E-state index is 14.7. The molecule has 0 spiro atoms. The molecular weight excluding hydrogens is 555 g/mol. The summed E-state index contributed by atoms with van der Waals surface area (Å²) in [5.74, 6) is -9.75. The maximum Gasteiger partial charge on any atom is 0.449 e. The quantitative estimate of drug-likeness (QED) is 0.377. The van der Waals surface area contributed by atoms with Crippen molar-refractivity contribution in [1.29, 1.82) is 0 Å². The zero-order chi connectivity index (χ0) is 28.7. The summed E-state index contributed by atoms with van der Waals surface area (Å²) in [5.41, 5.74) is -0.377. The molecule has 1 atom stereocenters. The molecule has 1 amide bonds. The number of thiazole rings is 1. The van der Waals surface area contributed by atoms with E-state index in [-0.39, 0.29) is 40.9 Å². The van der Waals surface area contributed by atoms with Gasteiger partial charge in [0.2, 0.25) is 5.78 Å². The highest BCUT2D eigenvalue weighted by molar-refractivity contribution is 7.15. The average molecular weight is 578 g/mol. The van der Waals surface area contributed by atoms with Gasteiger partial charge in [0.15, 0.2) is 5.82 Å². The second-order valence-electron chi connectivity index (χ2n) is 9.09. The highest BCUT2D eigenvalue weighted by Gasteiger charge is 2.47. The molecule has 15 heteroatoms. The van der Waals surface area contributed by atoms with Gasteiger partial charge in [-0.25, -0.2) is 22.5 Å². The number of alkyl halides is 5. The van der Waals surface area contributed by atoms with E-state index in [0.29, 0.717) is 4.88 Å². The number of amides is 1. The summed E-state index contributed by atoms with van der Waals surface area (Å²) < 4.78 is 97.1. The molecule has 1 aliphatic heterocycles. The van der Waals surface area contributed by atoms with Gasteiger partial charge in [-0.1, -0.05) is 6.07 Å². The van der Waals surface area contributed by atoms with Gasteiger partial charge in [-0.2, -0.15) is 18.3 Å². The monoisotopic (exact) mass is 577 g/mol. The van der Waals surface area contributed by atoms with Crippen molar-refractivity contribution in [3.8, 4) is 10.6 Å². The number of hydrogen-bond acceptors (Lipinski definition) is 6. The summed E-state index contributed by atoms with van der Waals surface area (Å²) in [7, 11) is 1.49. The topological polar surface area (TPSA) is 80.1 Å². The predicted molar refractivity (Wildman–Crippen MR) is 129 cm³/mol. The molecule has 1 fully saturated rings. The molecule has 0 bridgehead atoms. The molecule has 3 aromatic rings. The highest BCUT2D eigenvalue weighted by Crippen LogP contribution is 2.40. The van der Waals surface area contributed by atoms with Crippen molar-refractivity contribution in [2.24, 2.45) is 13.0 Å². The van der Waals surface area contributed by atoms with Crippen LogP contribution >= 0.6 is 11.3 Å². The Hall–Kier alpha value is -3.49. The van der Waals surface area contributed by atoms with Crippen LogP contribution in [0.25, 0.3) is 10.6 Å². The van der Waals surface area contributed by atoms with Gasteiger partial charge in [0, 0.05) is 43.8 Å². The maximum atomic E-state index is 14.7. The second kappa shape index (κ2) is 10.6. The number of aromatic nitrogens is 3. The summed E-state index contributed by atoms with van der Waals surface area (Å²) in [6, 6.07) is 3.32. The Kier molecular flexibility index (Phi) is 7.74. The molecule has 2 aromatic heterocycles. The van der Waals surface area contributed by atoms with Crippen LogP contribution in [0.2, 0.25) is 0 Å². The standard InChI is InChI=1S/C24H22F7N5O2S/c1-12-19(34-21(39-12)18-14(25)4-3-5-15(18)26)20(38)33-16-11-32-35(2)22(16)36-8-6-13(23(27,28)7-9-36)10-17(37)24(29,30)31/h3-5,11,13H,6-10H2,1-2H3,(H,33,38). The Labute approximate surface area is 221 Å². The fourth-order valence-corrected chi connectivity index (χ4v) is 5.38. The number of halogens is 7. The van der Waals surface area contributed by atoms with Gasteiger partial charge in [0.05, 0.1) is 11.8 Å². The van der Waals surface area contributed by atoms with Crippen molar-refractivity contribution in [1.82, 2.24) is 14.8 Å². The van der Waals surface area contributed by atoms with Gasteiger partial charge < -0.3 is 10.2 Å². The number of hydrogen-bond donors (Lipinski definition) is 1. The summed E-state index contributed by atoms with van der Waals surface area (Å²) in [5, 5.41) is 6.60. The number of aryl methyl sites for hydroxylation is 2. The molecular formula is C24H22F7N5O2S. The van der Waals surface area contributed by atoms with E-state index in [1.165, 1.54) is 35.8 Å². The molecule has 1 unspecified atom stereocenters. The molecule has 0 aliphatic carbocycles. The Morgan fingerprint density at radius 3 is 2.49 bits per heavy atom. The zero-order valence-electron chi connectivity index (χ0n) is 20.6. The number of benzene rings is 1. The molecule has 0 radical (unpaired) electrons. The van der Waals surface area contributed by atoms with Crippen LogP contribution in [0.15, 0.2) is 24.4 Å². The lowest BCUT2D eigenvalue weighted by Crippen LogP contribution is -2.34. The molecule has 4 rings (SSSR count). The Morgan fingerprint density at radius 1 is 1.18 bits per heavy atom. The summed E-state index contributed by atoms with van der Waals surface area (Å²) in [6.07, 6.45) is -6.49. The number of carbonyl (C=O) groups is 2. The van der Waals surface area contributed by atoms with Crippen molar-refractivity contribution in [2.75, 3.05) is 23.3 Å². The van der Waals surface area contributed by atoms with Crippen LogP contribution in [0.3, 0.4) is 0 Å². The number of carbonyl (C=O) groups excluding carboxylic acids is 2. The molecule has 39 heavy (non-hydrogen) atoms. The van der Waals surface area contributed by atoms with Gasteiger partial charge in [0.1, 0.15) is 28.0 Å². The third-order valence-corrected chi connectivity index (χ3v) is 7.44. The molecule has 1 N–H and O–H groups in total. The minimum Gasteiger partial charge on any atom is -0.355 e. The minimum atomic E-state index is -5.20. The molecule has 210 valence electrons. The van der Waals surface area contributed by atoms with E-state index in [1.54, 1.807) is 0 Å². The Bertz CT molecular complexity index is 1380. The predicted octanol–water partition coefficient (Wildman–Crippen LogP) is 5.76. The van der Waals surface area contributed by atoms with Crippen LogP contribution in [0.5, 0.6) is 0 Å². The number of nitrogens with zero attached hydrogens (tertiary/aromatic N) is 4. The normalized spacial score (nSPS) is 17.7. The van der Waals surface area contributed by atoms with E-state index in [1.807, 2.05) is 0 Å². The van der Waals surface area contributed by atoms with E-state index >= 15 is 0 Å². The molecule has 1 aromatic carbocycles. The van der Waals surface area contributed by atoms with Gasteiger partial charge in [-0.15, -0.1) is 11.3 Å². The van der Waals surface area contributed by atoms with Crippen LogP contribution in [0, 0.1) is 24.5 Å². The Morgan fingerprint density at radius 2 is 1.85 bits per heavy atom. The smallest absolute Gasteiger partial charge is 0.355 e. The summed E-state index contributed by atoms with van der Waals surface area (Å²) >= 11 is 0.907. The van der Waals surface area contributed by atoms with Crippen LogP contribution in [-0.2, 0) is 11.8 Å². The molecule has 0 saturated carbocycles. The van der Waals surface area contributed by atoms with Crippen LogP contribution in [0.1, 0.15) is 34.6 Å². The molecule has 7 nitrogen and oxygen atoms in total. The number of Topliss-reactive ketones (excluding diaryl/α,β-unsaturated/α-hetero) is 1. The Balaban J connectivity index is 1.55. The average Bonchev–Trinajstić information content (AvgIpc) is 3.35. The van der Waals surface area contributed by atoms with Gasteiger partial charge in [0.25, 0.3) is 11.8 Å². The van der Waals surface area contributed by atoms with Crippen molar-refractivity contribution in [2.45, 2.75) is 38.3 Å². The lowest BCUT2D eigenvalue weighted by Gasteiger charge is -2.24. The SMILES string of the molecule is Cc1sc(-c2c(F)cccc2F)nc1C(=O)Nc1cnn(C)c1N1CCC(CC(=O)C(F)(F)F)C(F)(F)CC1. The van der Waals surface area contributed by atoms with E-state index in [4.69, 9.17) is 0 Å². The highest BCUT2D eigenvalue weighted by atomic mass is 32.1. The van der Waals surface area contributed by atoms with Crippen molar-refractivity contribution in [3.05, 3.63) is 46.6 Å². The van der Waals surface area contributed by atoms with Crippen LogP contribution in [-0.4, -0.2) is 51.6 Å². The fraction of sp³-hybridized carbons (Fsp3) is 0.417. The number of rotatable bonds is 6. The van der Waals surface area contributed by atoms with Crippen molar-refractivity contribution < 1.29 is 40.3 Å². The van der Waals surface area contributed by atoms with Gasteiger partial charge >= 0.3 is 6.18 Å². The van der Waals surface area contributed by atoms with Crippen LogP contribution < -0.4 is 10.2 Å². The van der Waals surface area contributed by atoms with Gasteiger partial charge in [-0.05, 0) is 25.5 Å².